The van der Waals surface area contributed by atoms with Gasteiger partial charge < -0.3 is 15.5 Å². The van der Waals surface area contributed by atoms with E-state index < -0.39 is 18.2 Å². The second-order valence-electron chi connectivity index (χ2n) is 5.60. The van der Waals surface area contributed by atoms with Gasteiger partial charge in [-0.05, 0) is 25.3 Å². The molecule has 0 spiro atoms. The summed E-state index contributed by atoms with van der Waals surface area (Å²) in [6.45, 7) is 0. The summed E-state index contributed by atoms with van der Waals surface area (Å²) >= 11 is 0. The van der Waals surface area contributed by atoms with E-state index in [4.69, 9.17) is 0 Å². The van der Waals surface area contributed by atoms with Gasteiger partial charge in [-0.3, -0.25) is 9.89 Å². The Morgan fingerprint density at radius 3 is 2.77 bits per heavy atom. The SMILES string of the molecule is O=C(N[C@@H]1CCC[C@@H](O)[C@@H]1O)c1cc(-c2ccccc2)n[nH]1. The Morgan fingerprint density at radius 2 is 2.00 bits per heavy atom. The summed E-state index contributed by atoms with van der Waals surface area (Å²) in [4.78, 5) is 12.2. The Labute approximate surface area is 128 Å². The van der Waals surface area contributed by atoms with Gasteiger partial charge in [-0.1, -0.05) is 30.3 Å². The van der Waals surface area contributed by atoms with Crippen LogP contribution in [0, 0.1) is 0 Å². The monoisotopic (exact) mass is 301 g/mol. The number of nitrogens with one attached hydrogen (secondary N) is 2. The quantitative estimate of drug-likeness (QED) is 0.682. The van der Waals surface area contributed by atoms with Crippen LogP contribution in [-0.4, -0.2) is 44.6 Å². The van der Waals surface area contributed by atoms with Crippen molar-refractivity contribution in [3.8, 4) is 11.3 Å². The van der Waals surface area contributed by atoms with Crippen molar-refractivity contribution in [3.63, 3.8) is 0 Å². The van der Waals surface area contributed by atoms with Crippen LogP contribution in [0.2, 0.25) is 0 Å². The Kier molecular flexibility index (Phi) is 4.22. The summed E-state index contributed by atoms with van der Waals surface area (Å²) in [5, 5.41) is 29.2. The van der Waals surface area contributed by atoms with Gasteiger partial charge in [-0.2, -0.15) is 5.10 Å². The molecule has 3 rings (SSSR count). The fourth-order valence-electron chi connectivity index (χ4n) is 2.76. The van der Waals surface area contributed by atoms with E-state index >= 15 is 0 Å². The smallest absolute Gasteiger partial charge is 0.269 e. The number of aromatic amines is 1. The number of rotatable bonds is 3. The third-order valence-electron chi connectivity index (χ3n) is 4.03. The van der Waals surface area contributed by atoms with Gasteiger partial charge >= 0.3 is 0 Å². The van der Waals surface area contributed by atoms with Crippen LogP contribution >= 0.6 is 0 Å². The molecule has 1 aromatic heterocycles. The highest BCUT2D eigenvalue weighted by Crippen LogP contribution is 2.20. The molecule has 6 heteroatoms. The van der Waals surface area contributed by atoms with Gasteiger partial charge in [0.15, 0.2) is 0 Å². The zero-order valence-corrected chi connectivity index (χ0v) is 12.1. The molecule has 0 unspecified atom stereocenters. The molecule has 1 aliphatic rings. The van der Waals surface area contributed by atoms with Gasteiger partial charge in [0, 0.05) is 5.56 Å². The van der Waals surface area contributed by atoms with Gasteiger partial charge in [0.25, 0.3) is 5.91 Å². The molecule has 4 N–H and O–H groups in total. The molecule has 1 saturated carbocycles. The van der Waals surface area contributed by atoms with Crippen molar-refractivity contribution in [3.05, 3.63) is 42.1 Å². The number of amides is 1. The number of carbonyl (C=O) groups excluding carboxylic acids is 1. The minimum atomic E-state index is -0.922. The largest absolute Gasteiger partial charge is 0.390 e. The number of hydrogen-bond donors (Lipinski definition) is 4. The molecule has 22 heavy (non-hydrogen) atoms. The Balaban J connectivity index is 1.69. The van der Waals surface area contributed by atoms with Crippen molar-refractivity contribution >= 4 is 5.91 Å². The van der Waals surface area contributed by atoms with E-state index in [2.05, 4.69) is 15.5 Å². The summed E-state index contributed by atoms with van der Waals surface area (Å²) < 4.78 is 0. The topological polar surface area (TPSA) is 98.2 Å². The first-order valence-corrected chi connectivity index (χ1v) is 7.43. The van der Waals surface area contributed by atoms with Gasteiger partial charge in [0.2, 0.25) is 0 Å². The van der Waals surface area contributed by atoms with Crippen LogP contribution in [-0.2, 0) is 0 Å². The molecular formula is C16H19N3O3. The van der Waals surface area contributed by atoms with Crippen molar-refractivity contribution in [1.82, 2.24) is 15.5 Å². The molecule has 0 radical (unpaired) electrons. The lowest BCUT2D eigenvalue weighted by atomic mass is 9.90. The lowest BCUT2D eigenvalue weighted by molar-refractivity contribution is -0.0278. The number of aliphatic hydroxyl groups is 2. The van der Waals surface area contributed by atoms with Crippen LogP contribution in [0.3, 0.4) is 0 Å². The molecular weight excluding hydrogens is 282 g/mol. The zero-order chi connectivity index (χ0) is 15.5. The normalized spacial score (nSPS) is 24.9. The Bertz CT molecular complexity index is 641. The third kappa shape index (κ3) is 3.03. The number of carbonyl (C=O) groups is 1. The molecule has 0 bridgehead atoms. The maximum atomic E-state index is 12.2. The van der Waals surface area contributed by atoms with E-state index in [0.29, 0.717) is 24.2 Å². The molecule has 0 saturated heterocycles. The second kappa shape index (κ2) is 6.29. The average molecular weight is 301 g/mol. The van der Waals surface area contributed by atoms with E-state index in [9.17, 15) is 15.0 Å². The molecule has 1 fully saturated rings. The first kappa shape index (κ1) is 14.7. The van der Waals surface area contributed by atoms with Gasteiger partial charge in [0.1, 0.15) is 5.69 Å². The van der Waals surface area contributed by atoms with Crippen molar-refractivity contribution in [2.45, 2.75) is 37.5 Å². The van der Waals surface area contributed by atoms with Gasteiger partial charge in [0.05, 0.1) is 23.9 Å². The fraction of sp³-hybridized carbons (Fsp3) is 0.375. The highest BCUT2D eigenvalue weighted by Gasteiger charge is 2.31. The zero-order valence-electron chi connectivity index (χ0n) is 12.1. The fourth-order valence-corrected chi connectivity index (χ4v) is 2.76. The van der Waals surface area contributed by atoms with E-state index in [1.54, 1.807) is 6.07 Å². The molecule has 1 aliphatic carbocycles. The predicted octanol–water partition coefficient (Wildman–Crippen LogP) is 1.08. The van der Waals surface area contributed by atoms with Crippen LogP contribution < -0.4 is 5.32 Å². The Morgan fingerprint density at radius 1 is 1.23 bits per heavy atom. The lowest BCUT2D eigenvalue weighted by Gasteiger charge is -2.32. The van der Waals surface area contributed by atoms with Crippen molar-refractivity contribution in [2.24, 2.45) is 0 Å². The lowest BCUT2D eigenvalue weighted by Crippen LogP contribution is -2.51. The molecule has 2 aromatic rings. The van der Waals surface area contributed by atoms with Crippen LogP contribution in [0.5, 0.6) is 0 Å². The van der Waals surface area contributed by atoms with Crippen LogP contribution in [0.15, 0.2) is 36.4 Å². The number of nitrogens with zero attached hydrogens (tertiary/aromatic N) is 1. The molecule has 3 atom stereocenters. The first-order valence-electron chi connectivity index (χ1n) is 7.43. The summed E-state index contributed by atoms with van der Waals surface area (Å²) in [5.41, 5.74) is 1.95. The van der Waals surface area contributed by atoms with E-state index in [0.717, 1.165) is 12.0 Å². The summed E-state index contributed by atoms with van der Waals surface area (Å²) in [6, 6.07) is 10.8. The maximum absolute atomic E-state index is 12.2. The molecule has 1 amide bonds. The van der Waals surface area contributed by atoms with E-state index in [1.807, 2.05) is 30.3 Å². The molecule has 1 aromatic carbocycles. The van der Waals surface area contributed by atoms with E-state index in [-0.39, 0.29) is 5.91 Å². The van der Waals surface area contributed by atoms with Crippen LogP contribution in [0.1, 0.15) is 29.8 Å². The number of hydrogen-bond acceptors (Lipinski definition) is 4. The maximum Gasteiger partial charge on any atom is 0.269 e. The summed E-state index contributed by atoms with van der Waals surface area (Å²) in [7, 11) is 0. The van der Waals surface area contributed by atoms with E-state index in [1.165, 1.54) is 0 Å². The minimum absolute atomic E-state index is 0.326. The minimum Gasteiger partial charge on any atom is -0.390 e. The van der Waals surface area contributed by atoms with Crippen LogP contribution in [0.25, 0.3) is 11.3 Å². The molecule has 0 aliphatic heterocycles. The highest BCUT2D eigenvalue weighted by atomic mass is 16.3. The highest BCUT2D eigenvalue weighted by molar-refractivity contribution is 5.93. The van der Waals surface area contributed by atoms with Crippen molar-refractivity contribution in [1.29, 1.82) is 0 Å². The Hall–Kier alpha value is -2.18. The summed E-state index contributed by atoms with van der Waals surface area (Å²) in [6.07, 6.45) is 0.302. The van der Waals surface area contributed by atoms with Gasteiger partial charge in [-0.25, -0.2) is 0 Å². The standard InChI is InChI=1S/C16H19N3O3/c20-14-8-4-7-11(15(14)21)17-16(22)13-9-12(18-19-13)10-5-2-1-3-6-10/h1-3,5-6,9,11,14-15,20-21H,4,7-8H2,(H,17,22)(H,18,19)/t11-,14-,15-/m1/s1. The number of H-pyrrole nitrogens is 1. The molecule has 116 valence electrons. The summed E-state index contributed by atoms with van der Waals surface area (Å²) in [5.74, 6) is -0.326. The van der Waals surface area contributed by atoms with Gasteiger partial charge in [-0.15, -0.1) is 0 Å². The molecule has 1 heterocycles. The second-order valence-corrected chi connectivity index (χ2v) is 5.60. The number of benzene rings is 1. The number of aliphatic hydroxyl groups excluding tert-OH is 2. The number of aromatic nitrogens is 2. The van der Waals surface area contributed by atoms with Crippen molar-refractivity contribution in [2.75, 3.05) is 0 Å². The first-order chi connectivity index (χ1) is 10.6. The predicted molar refractivity (Wildman–Crippen MR) is 81.1 cm³/mol. The third-order valence-corrected chi connectivity index (χ3v) is 4.03. The molecule has 6 nitrogen and oxygen atoms in total. The van der Waals surface area contributed by atoms with Crippen molar-refractivity contribution < 1.29 is 15.0 Å². The average Bonchev–Trinajstić information content (AvgIpc) is 3.03. The van der Waals surface area contributed by atoms with Crippen LogP contribution in [0.4, 0.5) is 0 Å².